The number of hydrogen-bond acceptors (Lipinski definition) is 8. The first-order valence-electron chi connectivity index (χ1n) is 9.56. The minimum Gasteiger partial charge on any atom is -0.504 e. The van der Waals surface area contributed by atoms with Crippen molar-refractivity contribution >= 4 is 23.8 Å². The van der Waals surface area contributed by atoms with E-state index in [0.717, 1.165) is 17.3 Å². The average Bonchev–Trinajstić information content (AvgIpc) is 3.20. The number of methoxy groups -OCH3 is 3. The molecule has 0 atom stereocenters. The number of carboxylic acids is 1. The van der Waals surface area contributed by atoms with Gasteiger partial charge in [0.25, 0.3) is 0 Å². The summed E-state index contributed by atoms with van der Waals surface area (Å²) >= 11 is 0.970. The van der Waals surface area contributed by atoms with E-state index in [4.69, 9.17) is 14.2 Å². The van der Waals surface area contributed by atoms with Gasteiger partial charge in [-0.05, 0) is 54.6 Å². The second-order valence-electron chi connectivity index (χ2n) is 6.50. The molecule has 0 fully saturated rings. The molecule has 0 aliphatic heterocycles. The monoisotopic (exact) mass is 457 g/mol. The van der Waals surface area contributed by atoms with Gasteiger partial charge in [-0.2, -0.15) is 0 Å². The lowest BCUT2D eigenvalue weighted by molar-refractivity contribution is -0.131. The summed E-state index contributed by atoms with van der Waals surface area (Å²) in [5.74, 6) is 0.853. The summed E-state index contributed by atoms with van der Waals surface area (Å²) in [5.41, 5.74) is 1.23. The number of carboxylic acid groups (broad SMARTS) is 1. The Kier molecular flexibility index (Phi) is 7.26. The fourth-order valence-electron chi connectivity index (χ4n) is 2.98. The maximum Gasteiger partial charge on any atom is 0.342 e. The Labute approximate surface area is 189 Å². The highest BCUT2D eigenvalue weighted by molar-refractivity contribution is 8.04. The number of ether oxygens (including phenoxy) is 3. The summed E-state index contributed by atoms with van der Waals surface area (Å²) in [6, 6.07) is 10.0. The molecule has 10 heteroatoms. The molecule has 32 heavy (non-hydrogen) atoms. The van der Waals surface area contributed by atoms with Crippen molar-refractivity contribution < 1.29 is 29.2 Å². The molecule has 9 nitrogen and oxygen atoms in total. The molecule has 3 aromatic rings. The molecule has 1 aromatic heterocycles. The summed E-state index contributed by atoms with van der Waals surface area (Å²) in [7, 11) is 4.56. The van der Waals surface area contributed by atoms with Gasteiger partial charge in [-0.1, -0.05) is 6.07 Å². The first-order chi connectivity index (χ1) is 15.4. The predicted octanol–water partition coefficient (Wildman–Crippen LogP) is 3.91. The van der Waals surface area contributed by atoms with Crippen LogP contribution in [0.1, 0.15) is 12.5 Å². The van der Waals surface area contributed by atoms with Crippen molar-refractivity contribution in [3.8, 4) is 34.4 Å². The number of phenols is 1. The van der Waals surface area contributed by atoms with Crippen molar-refractivity contribution in [3.63, 3.8) is 0 Å². The number of aliphatic carboxylic acids is 1. The quantitative estimate of drug-likeness (QED) is 0.364. The molecule has 0 radical (unpaired) electrons. The molecule has 0 bridgehead atoms. The molecular formula is C22H23N3O6S. The van der Waals surface area contributed by atoms with Crippen LogP contribution in [0.25, 0.3) is 17.5 Å². The molecule has 0 saturated carbocycles. The Hall–Kier alpha value is -3.66. The third-order valence-electron chi connectivity index (χ3n) is 4.56. The van der Waals surface area contributed by atoms with Gasteiger partial charge in [0.05, 0.1) is 21.3 Å². The number of benzene rings is 2. The number of aromatic nitrogens is 3. The van der Waals surface area contributed by atoms with Crippen LogP contribution in [0.3, 0.4) is 0 Å². The van der Waals surface area contributed by atoms with E-state index in [0.29, 0.717) is 40.3 Å². The fourth-order valence-corrected chi connectivity index (χ4v) is 3.87. The zero-order chi connectivity index (χ0) is 23.3. The predicted molar refractivity (Wildman–Crippen MR) is 120 cm³/mol. The van der Waals surface area contributed by atoms with Crippen LogP contribution in [0.15, 0.2) is 46.5 Å². The number of rotatable bonds is 9. The maximum atomic E-state index is 11.9. The Bertz CT molecular complexity index is 1140. The fraction of sp³-hybridized carbons (Fsp3) is 0.227. The zero-order valence-electron chi connectivity index (χ0n) is 18.0. The molecule has 0 aliphatic rings. The minimum atomic E-state index is -1.12. The molecule has 0 aliphatic carbocycles. The van der Waals surface area contributed by atoms with E-state index in [2.05, 4.69) is 10.2 Å². The number of phenolic OH excluding ortho intramolecular Hbond substituents is 1. The topological polar surface area (TPSA) is 116 Å². The molecule has 0 unspecified atom stereocenters. The summed E-state index contributed by atoms with van der Waals surface area (Å²) in [4.78, 5) is 11.9. The van der Waals surface area contributed by atoms with Crippen molar-refractivity contribution in [2.24, 2.45) is 0 Å². The molecule has 168 valence electrons. The van der Waals surface area contributed by atoms with Gasteiger partial charge in [0, 0.05) is 18.2 Å². The van der Waals surface area contributed by atoms with Crippen LogP contribution in [0.4, 0.5) is 0 Å². The van der Waals surface area contributed by atoms with E-state index >= 15 is 0 Å². The second-order valence-corrected chi connectivity index (χ2v) is 7.51. The van der Waals surface area contributed by atoms with Crippen molar-refractivity contribution in [3.05, 3.63) is 46.9 Å². The summed E-state index contributed by atoms with van der Waals surface area (Å²) < 4.78 is 17.5. The van der Waals surface area contributed by atoms with E-state index in [1.54, 1.807) is 49.1 Å². The van der Waals surface area contributed by atoms with Crippen LogP contribution in [-0.4, -0.2) is 52.3 Å². The second kappa shape index (κ2) is 10.1. The van der Waals surface area contributed by atoms with Crippen LogP contribution in [0.5, 0.6) is 23.0 Å². The van der Waals surface area contributed by atoms with Crippen LogP contribution in [0, 0.1) is 0 Å². The Morgan fingerprint density at radius 2 is 1.75 bits per heavy atom. The molecule has 2 aromatic carbocycles. The normalized spacial score (nSPS) is 11.3. The molecule has 0 amide bonds. The largest absolute Gasteiger partial charge is 0.504 e. The van der Waals surface area contributed by atoms with Gasteiger partial charge in [0.15, 0.2) is 22.5 Å². The Morgan fingerprint density at radius 1 is 1.06 bits per heavy atom. The van der Waals surface area contributed by atoms with Gasteiger partial charge < -0.3 is 29.0 Å². The highest BCUT2D eigenvalue weighted by Gasteiger charge is 2.19. The van der Waals surface area contributed by atoms with Gasteiger partial charge >= 0.3 is 5.97 Å². The number of thioether (sulfide) groups is 1. The summed E-state index contributed by atoms with van der Waals surface area (Å²) in [6.07, 6.45) is 1.45. The number of carbonyl (C=O) groups is 1. The molecule has 1 heterocycles. The molecule has 0 saturated heterocycles. The van der Waals surface area contributed by atoms with Crippen molar-refractivity contribution in [2.45, 2.75) is 18.6 Å². The van der Waals surface area contributed by atoms with Crippen molar-refractivity contribution in [1.29, 1.82) is 0 Å². The Morgan fingerprint density at radius 3 is 2.28 bits per heavy atom. The first kappa shape index (κ1) is 23.0. The van der Waals surface area contributed by atoms with E-state index in [9.17, 15) is 15.0 Å². The lowest BCUT2D eigenvalue weighted by atomic mass is 10.2. The van der Waals surface area contributed by atoms with E-state index < -0.39 is 5.97 Å². The van der Waals surface area contributed by atoms with Gasteiger partial charge in [0.2, 0.25) is 0 Å². The van der Waals surface area contributed by atoms with Crippen LogP contribution >= 0.6 is 11.8 Å². The van der Waals surface area contributed by atoms with E-state index in [1.165, 1.54) is 19.3 Å². The van der Waals surface area contributed by atoms with Gasteiger partial charge in [-0.15, -0.1) is 10.2 Å². The number of nitrogens with zero attached hydrogens (tertiary/aromatic N) is 3. The van der Waals surface area contributed by atoms with Crippen molar-refractivity contribution in [2.75, 3.05) is 21.3 Å². The molecule has 2 N–H and O–H groups in total. The first-order valence-corrected chi connectivity index (χ1v) is 10.4. The molecule has 3 rings (SSSR count). The Balaban J connectivity index is 1.99. The van der Waals surface area contributed by atoms with Crippen LogP contribution < -0.4 is 14.2 Å². The van der Waals surface area contributed by atoms with Crippen LogP contribution in [-0.2, 0) is 11.3 Å². The SMILES string of the molecule is CCn1c(S/C(=C\c2ccc(OC)c(O)c2)C(=O)O)nnc1-c1cc(OC)cc(OC)c1. The van der Waals surface area contributed by atoms with Gasteiger partial charge in [0.1, 0.15) is 16.4 Å². The minimum absolute atomic E-state index is 0.0199. The summed E-state index contributed by atoms with van der Waals surface area (Å²) in [6.45, 7) is 2.43. The highest BCUT2D eigenvalue weighted by atomic mass is 32.2. The highest BCUT2D eigenvalue weighted by Crippen LogP contribution is 2.34. The lowest BCUT2D eigenvalue weighted by Crippen LogP contribution is -2.03. The number of hydrogen-bond donors (Lipinski definition) is 2. The lowest BCUT2D eigenvalue weighted by Gasteiger charge is -2.10. The average molecular weight is 458 g/mol. The smallest absolute Gasteiger partial charge is 0.342 e. The molecule has 0 spiro atoms. The van der Waals surface area contributed by atoms with Gasteiger partial charge in [-0.3, -0.25) is 0 Å². The summed E-state index contributed by atoms with van der Waals surface area (Å²) in [5, 5.41) is 28.6. The number of aromatic hydroxyl groups is 1. The van der Waals surface area contributed by atoms with Gasteiger partial charge in [-0.25, -0.2) is 4.79 Å². The third-order valence-corrected chi connectivity index (χ3v) is 5.55. The standard InChI is InChI=1S/C22H23N3O6S/c1-5-25-20(14-10-15(29-2)12-16(11-14)30-3)23-24-22(25)32-19(21(27)28)9-13-6-7-18(31-4)17(26)8-13/h6-12,26H,5H2,1-4H3,(H,27,28)/b19-9-. The molecular weight excluding hydrogens is 434 g/mol. The third kappa shape index (κ3) is 4.97. The van der Waals surface area contributed by atoms with E-state index in [-0.39, 0.29) is 10.7 Å². The van der Waals surface area contributed by atoms with Crippen LogP contribution in [0.2, 0.25) is 0 Å². The zero-order valence-corrected chi connectivity index (χ0v) is 18.8. The van der Waals surface area contributed by atoms with Crippen molar-refractivity contribution in [1.82, 2.24) is 14.8 Å². The maximum absolute atomic E-state index is 11.9. The van der Waals surface area contributed by atoms with E-state index in [1.807, 2.05) is 6.92 Å².